The molecule has 2 nitrogen and oxygen atoms in total. The normalized spacial score (nSPS) is 11.6. The van der Waals surface area contributed by atoms with Gasteiger partial charge in [-0.2, -0.15) is 0 Å². The van der Waals surface area contributed by atoms with Crippen molar-refractivity contribution in [3.63, 3.8) is 0 Å². The highest BCUT2D eigenvalue weighted by atomic mass is 32.1. The fraction of sp³-hybridized carbons (Fsp3) is 0. The summed E-state index contributed by atoms with van der Waals surface area (Å²) in [5.74, 6) is 0.718. The zero-order chi connectivity index (χ0) is 36.3. The molecule has 0 amide bonds. The average Bonchev–Trinajstić information content (AvgIpc) is 3.65. The minimum absolute atomic E-state index is 0.718. The number of rotatable bonds is 5. The molecule has 0 saturated heterocycles. The summed E-state index contributed by atoms with van der Waals surface area (Å²) >= 11 is 1.85. The second kappa shape index (κ2) is 12.9. The Morgan fingerprint density at radius 2 is 0.909 bits per heavy atom. The van der Waals surface area contributed by atoms with Crippen LogP contribution in [0.15, 0.2) is 194 Å². The third-order valence-electron chi connectivity index (χ3n) is 10.9. The molecule has 256 valence electrons. The molecular formula is C52H32N2S. The van der Waals surface area contributed by atoms with Gasteiger partial charge in [-0.1, -0.05) is 170 Å². The molecule has 0 saturated carbocycles. The lowest BCUT2D eigenvalue weighted by atomic mass is 9.92. The van der Waals surface area contributed by atoms with Crippen molar-refractivity contribution in [2.75, 3.05) is 0 Å². The average molecular weight is 717 g/mol. The van der Waals surface area contributed by atoms with Gasteiger partial charge in [-0.15, -0.1) is 11.3 Å². The van der Waals surface area contributed by atoms with E-state index >= 15 is 0 Å². The first-order valence-corrected chi connectivity index (χ1v) is 19.5. The molecule has 2 heterocycles. The van der Waals surface area contributed by atoms with Crippen molar-refractivity contribution < 1.29 is 0 Å². The predicted octanol–water partition coefficient (Wildman–Crippen LogP) is 14.6. The molecule has 0 aliphatic carbocycles. The molecule has 2 aromatic heterocycles. The van der Waals surface area contributed by atoms with E-state index in [1.807, 2.05) is 11.3 Å². The molecule has 3 heteroatoms. The first-order valence-electron chi connectivity index (χ1n) is 18.6. The number of nitrogens with zero attached hydrogens (tertiary/aromatic N) is 2. The molecule has 11 aromatic rings. The van der Waals surface area contributed by atoms with Crippen molar-refractivity contribution in [3.8, 4) is 56.2 Å². The molecule has 11 rings (SSSR count). The SMILES string of the molecule is c1ccc(-c2ccc(-c3cc(-c4ccc(-c5cccc6sc7ccccc7c56)cc4)nc(-c4c5ccccc5cc5c4ccc4ccccc45)n3)cc2)cc1. The predicted molar refractivity (Wildman–Crippen MR) is 235 cm³/mol. The number of thiophene rings is 1. The van der Waals surface area contributed by atoms with E-state index in [-0.39, 0.29) is 0 Å². The Kier molecular flexibility index (Phi) is 7.39. The lowest BCUT2D eigenvalue weighted by molar-refractivity contribution is 1.19. The van der Waals surface area contributed by atoms with Crippen LogP contribution < -0.4 is 0 Å². The lowest BCUT2D eigenvalue weighted by Gasteiger charge is -2.15. The molecule has 0 radical (unpaired) electrons. The Bertz CT molecular complexity index is 3230. The minimum atomic E-state index is 0.718. The maximum absolute atomic E-state index is 5.42. The lowest BCUT2D eigenvalue weighted by Crippen LogP contribution is -1.98. The molecule has 0 atom stereocenters. The van der Waals surface area contributed by atoms with Crippen LogP contribution in [0, 0.1) is 0 Å². The van der Waals surface area contributed by atoms with E-state index in [9.17, 15) is 0 Å². The topological polar surface area (TPSA) is 25.8 Å². The van der Waals surface area contributed by atoms with Crippen molar-refractivity contribution in [2.45, 2.75) is 0 Å². The fourth-order valence-corrected chi connectivity index (χ4v) is 9.35. The van der Waals surface area contributed by atoms with Gasteiger partial charge in [0.15, 0.2) is 5.82 Å². The molecule has 0 N–H and O–H groups in total. The maximum Gasteiger partial charge on any atom is 0.161 e. The van der Waals surface area contributed by atoms with Crippen LogP contribution in [0.2, 0.25) is 0 Å². The highest BCUT2D eigenvalue weighted by Crippen LogP contribution is 2.42. The van der Waals surface area contributed by atoms with E-state index in [1.165, 1.54) is 64.0 Å². The fourth-order valence-electron chi connectivity index (χ4n) is 8.22. The summed E-state index contributed by atoms with van der Waals surface area (Å²) in [7, 11) is 0. The third-order valence-corrected chi connectivity index (χ3v) is 12.0. The van der Waals surface area contributed by atoms with Gasteiger partial charge in [-0.3, -0.25) is 0 Å². The Balaban J connectivity index is 1.11. The molecule has 9 aromatic carbocycles. The number of benzene rings is 9. The van der Waals surface area contributed by atoms with E-state index < -0.39 is 0 Å². The van der Waals surface area contributed by atoms with Crippen LogP contribution in [0.5, 0.6) is 0 Å². The number of hydrogen-bond donors (Lipinski definition) is 0. The summed E-state index contributed by atoms with van der Waals surface area (Å²) in [6, 6.07) is 69.7. The molecule has 0 bridgehead atoms. The molecule has 0 aliphatic heterocycles. The summed E-state index contributed by atoms with van der Waals surface area (Å²) in [5.41, 5.74) is 9.73. The van der Waals surface area contributed by atoms with Crippen LogP contribution in [-0.2, 0) is 0 Å². The molecule has 0 unspecified atom stereocenters. The van der Waals surface area contributed by atoms with Gasteiger partial charge in [0, 0.05) is 36.9 Å². The Labute approximate surface area is 322 Å². The van der Waals surface area contributed by atoms with E-state index in [0.717, 1.165) is 44.7 Å². The van der Waals surface area contributed by atoms with Crippen molar-refractivity contribution in [2.24, 2.45) is 0 Å². The highest BCUT2D eigenvalue weighted by Gasteiger charge is 2.18. The van der Waals surface area contributed by atoms with Crippen LogP contribution in [0.3, 0.4) is 0 Å². The van der Waals surface area contributed by atoms with Crippen LogP contribution in [0.4, 0.5) is 0 Å². The standard InChI is InChI=1S/C52H32N2S/c1-2-11-33(12-3-1)34-21-25-37(26-22-34)46-32-47(38-27-23-36(24-28-38)41-18-10-20-49-50(41)44-17-8-9-19-48(44)55-49)54-52(53-46)51-42-16-7-5-14-39(42)31-45-40-15-6-4-13-35(40)29-30-43(45)51/h1-32H. The first-order chi connectivity index (χ1) is 27.2. The monoisotopic (exact) mass is 716 g/mol. The Morgan fingerprint density at radius 1 is 0.327 bits per heavy atom. The summed E-state index contributed by atoms with van der Waals surface area (Å²) < 4.78 is 2.62. The highest BCUT2D eigenvalue weighted by molar-refractivity contribution is 7.25. The van der Waals surface area contributed by atoms with Crippen LogP contribution in [-0.4, -0.2) is 9.97 Å². The maximum atomic E-state index is 5.42. The smallest absolute Gasteiger partial charge is 0.161 e. The van der Waals surface area contributed by atoms with Crippen molar-refractivity contribution in [1.29, 1.82) is 0 Å². The van der Waals surface area contributed by atoms with Crippen LogP contribution >= 0.6 is 11.3 Å². The Hall–Kier alpha value is -6.94. The minimum Gasteiger partial charge on any atom is -0.228 e. The van der Waals surface area contributed by atoms with E-state index in [0.29, 0.717) is 0 Å². The van der Waals surface area contributed by atoms with E-state index in [4.69, 9.17) is 9.97 Å². The van der Waals surface area contributed by atoms with Crippen molar-refractivity contribution in [3.05, 3.63) is 194 Å². The van der Waals surface area contributed by atoms with Crippen molar-refractivity contribution >= 4 is 63.8 Å². The van der Waals surface area contributed by atoms with Gasteiger partial charge in [-0.25, -0.2) is 9.97 Å². The van der Waals surface area contributed by atoms with Crippen molar-refractivity contribution in [1.82, 2.24) is 9.97 Å². The largest absolute Gasteiger partial charge is 0.228 e. The first kappa shape index (κ1) is 31.6. The summed E-state index contributed by atoms with van der Waals surface area (Å²) in [5, 5.41) is 9.72. The second-order valence-electron chi connectivity index (χ2n) is 14.1. The van der Waals surface area contributed by atoms with E-state index in [2.05, 4.69) is 194 Å². The van der Waals surface area contributed by atoms with Gasteiger partial charge in [0.2, 0.25) is 0 Å². The van der Waals surface area contributed by atoms with Gasteiger partial charge in [0.05, 0.1) is 11.4 Å². The number of fused-ring (bicyclic) bond motifs is 7. The number of aromatic nitrogens is 2. The molecule has 0 fully saturated rings. The van der Waals surface area contributed by atoms with Gasteiger partial charge in [0.1, 0.15) is 0 Å². The second-order valence-corrected chi connectivity index (χ2v) is 15.2. The molecule has 0 aliphatic rings. The Morgan fingerprint density at radius 3 is 1.67 bits per heavy atom. The summed E-state index contributed by atoms with van der Waals surface area (Å²) in [6.45, 7) is 0. The van der Waals surface area contributed by atoms with Crippen LogP contribution in [0.1, 0.15) is 0 Å². The van der Waals surface area contributed by atoms with Gasteiger partial charge >= 0.3 is 0 Å². The molecule has 0 spiro atoms. The van der Waals surface area contributed by atoms with Gasteiger partial charge in [0.25, 0.3) is 0 Å². The molecular weight excluding hydrogens is 685 g/mol. The van der Waals surface area contributed by atoms with E-state index in [1.54, 1.807) is 0 Å². The zero-order valence-electron chi connectivity index (χ0n) is 29.8. The zero-order valence-corrected chi connectivity index (χ0v) is 30.6. The third kappa shape index (κ3) is 5.40. The number of hydrogen-bond acceptors (Lipinski definition) is 3. The van der Waals surface area contributed by atoms with Gasteiger partial charge in [-0.05, 0) is 78.8 Å². The summed E-state index contributed by atoms with van der Waals surface area (Å²) in [6.07, 6.45) is 0. The van der Waals surface area contributed by atoms with Crippen LogP contribution in [0.25, 0.3) is 109 Å². The van der Waals surface area contributed by atoms with Gasteiger partial charge < -0.3 is 0 Å². The quantitative estimate of drug-likeness (QED) is 0.131. The molecule has 55 heavy (non-hydrogen) atoms. The summed E-state index contributed by atoms with van der Waals surface area (Å²) in [4.78, 5) is 10.8.